The highest BCUT2D eigenvalue weighted by molar-refractivity contribution is 7.85. The van der Waals surface area contributed by atoms with Crippen LogP contribution in [0, 0.1) is 17.1 Å². The predicted octanol–water partition coefficient (Wildman–Crippen LogP) is 3.23. The maximum absolute atomic E-state index is 13.4. The van der Waals surface area contributed by atoms with Crippen molar-refractivity contribution in [2.45, 2.75) is 25.0 Å². The first-order valence-electron chi connectivity index (χ1n) is 8.12. The highest BCUT2D eigenvalue weighted by atomic mass is 32.2. The second-order valence-electron chi connectivity index (χ2n) is 6.24. The number of benzene rings is 2. The minimum atomic E-state index is -3.51. The van der Waals surface area contributed by atoms with Crippen molar-refractivity contribution in [1.29, 1.82) is 5.26 Å². The predicted molar refractivity (Wildman–Crippen MR) is 93.2 cm³/mol. The molecule has 7 heteroatoms. The van der Waals surface area contributed by atoms with Gasteiger partial charge in [-0.3, -0.25) is 4.18 Å². The first kappa shape index (κ1) is 18.5. The topological polar surface area (TPSA) is 76.4 Å². The Morgan fingerprint density at radius 1 is 1.27 bits per heavy atom. The minimum Gasteiger partial charge on any atom is -0.361 e. The van der Waals surface area contributed by atoms with Gasteiger partial charge in [-0.2, -0.15) is 13.7 Å². The minimum absolute atomic E-state index is 0.0384. The molecule has 0 spiro atoms. The van der Waals surface area contributed by atoms with E-state index in [0.29, 0.717) is 25.0 Å². The van der Waals surface area contributed by atoms with Crippen molar-refractivity contribution in [3.8, 4) is 6.07 Å². The number of nitriles is 1. The molecule has 0 aliphatic carbocycles. The zero-order valence-electron chi connectivity index (χ0n) is 14.2. The van der Waals surface area contributed by atoms with E-state index in [9.17, 15) is 12.8 Å². The van der Waals surface area contributed by atoms with Crippen molar-refractivity contribution in [3.63, 3.8) is 0 Å². The first-order valence-corrected chi connectivity index (χ1v) is 9.94. The lowest BCUT2D eigenvalue weighted by atomic mass is 9.81. The van der Waals surface area contributed by atoms with E-state index in [2.05, 4.69) is 6.07 Å². The lowest BCUT2D eigenvalue weighted by Crippen LogP contribution is -2.27. The zero-order valence-corrected chi connectivity index (χ0v) is 15.1. The smallest absolute Gasteiger partial charge is 0.264 e. The average molecular weight is 375 g/mol. The molecule has 136 valence electrons. The fourth-order valence-corrected chi connectivity index (χ4v) is 3.72. The molecule has 0 bridgehead atoms. The second-order valence-corrected chi connectivity index (χ2v) is 7.88. The van der Waals surface area contributed by atoms with Crippen molar-refractivity contribution >= 4 is 10.1 Å². The molecule has 0 radical (unpaired) electrons. The molecule has 0 amide bonds. The van der Waals surface area contributed by atoms with Crippen LogP contribution in [0.2, 0.25) is 0 Å². The third-order valence-electron chi connectivity index (χ3n) is 4.42. The summed E-state index contributed by atoms with van der Waals surface area (Å²) in [5.74, 6) is -0.345. The zero-order chi connectivity index (χ0) is 18.8. The summed E-state index contributed by atoms with van der Waals surface area (Å²) in [5.41, 5.74) is 2.31. The number of halogens is 1. The van der Waals surface area contributed by atoms with Crippen molar-refractivity contribution in [1.82, 2.24) is 0 Å². The maximum Gasteiger partial charge on any atom is 0.264 e. The third kappa shape index (κ3) is 3.78. The van der Waals surface area contributed by atoms with Crippen LogP contribution in [0.25, 0.3) is 0 Å². The van der Waals surface area contributed by atoms with Gasteiger partial charge < -0.3 is 4.74 Å². The van der Waals surface area contributed by atoms with Crippen LogP contribution in [-0.4, -0.2) is 21.3 Å². The van der Waals surface area contributed by atoms with Gasteiger partial charge in [0, 0.05) is 0 Å². The van der Waals surface area contributed by atoms with E-state index in [0.717, 1.165) is 22.9 Å². The van der Waals surface area contributed by atoms with Crippen LogP contribution >= 0.6 is 0 Å². The Bertz CT molecular complexity index is 950. The highest BCUT2D eigenvalue weighted by Crippen LogP contribution is 2.45. The van der Waals surface area contributed by atoms with Crippen molar-refractivity contribution in [2.24, 2.45) is 0 Å². The van der Waals surface area contributed by atoms with Crippen LogP contribution in [0.4, 0.5) is 4.39 Å². The number of rotatable bonds is 6. The molecule has 1 heterocycles. The van der Waals surface area contributed by atoms with Crippen LogP contribution in [0.1, 0.15) is 35.1 Å². The SMILES string of the molecule is CS(=O)(=O)OCCCC1(c2ccc(F)cc2)OCc2cc(C#N)ccc21. The molecule has 0 saturated carbocycles. The van der Waals surface area contributed by atoms with Gasteiger partial charge >= 0.3 is 0 Å². The van der Waals surface area contributed by atoms with E-state index in [1.54, 1.807) is 24.3 Å². The van der Waals surface area contributed by atoms with E-state index in [4.69, 9.17) is 14.2 Å². The van der Waals surface area contributed by atoms with Gasteiger partial charge in [0.1, 0.15) is 11.4 Å². The lowest BCUT2D eigenvalue weighted by Gasteiger charge is -2.30. The Kier molecular flexibility index (Phi) is 5.10. The van der Waals surface area contributed by atoms with E-state index in [-0.39, 0.29) is 12.4 Å². The van der Waals surface area contributed by atoms with Crippen molar-refractivity contribution in [3.05, 3.63) is 70.5 Å². The number of ether oxygens (including phenoxy) is 1. The summed E-state index contributed by atoms with van der Waals surface area (Å²) in [7, 11) is -3.51. The molecule has 2 aromatic rings. The summed E-state index contributed by atoms with van der Waals surface area (Å²) in [6.07, 6.45) is 1.91. The van der Waals surface area contributed by atoms with Crippen LogP contribution < -0.4 is 0 Å². The summed E-state index contributed by atoms with van der Waals surface area (Å²) in [6.45, 7) is 0.367. The summed E-state index contributed by atoms with van der Waals surface area (Å²) in [5, 5.41) is 9.09. The molecule has 26 heavy (non-hydrogen) atoms. The molecule has 1 aliphatic rings. The molecule has 0 fully saturated rings. The standard InChI is InChI=1S/C19H18FNO4S/c1-26(22,23)25-10-2-9-19(16-4-6-17(20)7-5-16)18-8-3-14(12-21)11-15(18)13-24-19/h3-8,11H,2,9-10,13H2,1H3. The Morgan fingerprint density at radius 2 is 2.00 bits per heavy atom. The second kappa shape index (κ2) is 7.16. The van der Waals surface area contributed by atoms with Gasteiger partial charge in [-0.15, -0.1) is 0 Å². The molecule has 1 unspecified atom stereocenters. The largest absolute Gasteiger partial charge is 0.361 e. The van der Waals surface area contributed by atoms with E-state index >= 15 is 0 Å². The normalized spacial score (nSPS) is 19.1. The first-order chi connectivity index (χ1) is 12.3. The Balaban J connectivity index is 1.94. The number of nitrogens with zero attached hydrogens (tertiary/aromatic N) is 1. The molecule has 0 N–H and O–H groups in total. The van der Waals surface area contributed by atoms with Gasteiger partial charge in [-0.05, 0) is 53.8 Å². The number of fused-ring (bicyclic) bond motifs is 1. The van der Waals surface area contributed by atoms with Gasteiger partial charge in [-0.1, -0.05) is 18.2 Å². The molecule has 0 saturated heterocycles. The third-order valence-corrected chi connectivity index (χ3v) is 5.02. The molecule has 1 aliphatic heterocycles. The Hall–Kier alpha value is -2.27. The van der Waals surface area contributed by atoms with Crippen LogP contribution in [0.3, 0.4) is 0 Å². The number of hydrogen-bond acceptors (Lipinski definition) is 5. The molecule has 0 aromatic heterocycles. The van der Waals surface area contributed by atoms with Gasteiger partial charge in [0.25, 0.3) is 10.1 Å². The van der Waals surface area contributed by atoms with E-state index < -0.39 is 15.7 Å². The van der Waals surface area contributed by atoms with Gasteiger partial charge in [0.15, 0.2) is 0 Å². The quantitative estimate of drug-likeness (QED) is 0.572. The van der Waals surface area contributed by atoms with E-state index in [1.165, 1.54) is 12.1 Å². The van der Waals surface area contributed by atoms with E-state index in [1.807, 2.05) is 6.07 Å². The average Bonchev–Trinajstić information content (AvgIpc) is 2.97. The van der Waals surface area contributed by atoms with Gasteiger partial charge in [-0.25, -0.2) is 4.39 Å². The van der Waals surface area contributed by atoms with Gasteiger partial charge in [0.2, 0.25) is 0 Å². The molecule has 3 rings (SSSR count). The molecular weight excluding hydrogens is 357 g/mol. The highest BCUT2D eigenvalue weighted by Gasteiger charge is 2.41. The summed E-state index contributed by atoms with van der Waals surface area (Å²) in [6, 6.07) is 13.5. The molecule has 2 aromatic carbocycles. The number of hydrogen-bond donors (Lipinski definition) is 0. The summed E-state index contributed by atoms with van der Waals surface area (Å²) in [4.78, 5) is 0. The maximum atomic E-state index is 13.4. The molecule has 1 atom stereocenters. The van der Waals surface area contributed by atoms with Crippen LogP contribution in [0.15, 0.2) is 42.5 Å². The van der Waals surface area contributed by atoms with Crippen LogP contribution in [0.5, 0.6) is 0 Å². The van der Waals surface area contributed by atoms with Crippen LogP contribution in [-0.2, 0) is 31.2 Å². The monoisotopic (exact) mass is 375 g/mol. The van der Waals surface area contributed by atoms with Crippen molar-refractivity contribution < 1.29 is 21.7 Å². The fourth-order valence-electron chi connectivity index (χ4n) is 3.30. The summed E-state index contributed by atoms with van der Waals surface area (Å²) >= 11 is 0. The van der Waals surface area contributed by atoms with Gasteiger partial charge in [0.05, 0.1) is 31.1 Å². The lowest BCUT2D eigenvalue weighted by molar-refractivity contribution is -0.0149. The van der Waals surface area contributed by atoms with Crippen molar-refractivity contribution in [2.75, 3.05) is 12.9 Å². The summed E-state index contributed by atoms with van der Waals surface area (Å²) < 4.78 is 46.6. The fraction of sp³-hybridized carbons (Fsp3) is 0.316. The Labute approximate surface area is 152 Å². The Morgan fingerprint density at radius 3 is 2.65 bits per heavy atom. The molecule has 5 nitrogen and oxygen atoms in total. The molecular formula is C19H18FNO4S.